The van der Waals surface area contributed by atoms with Gasteiger partial charge < -0.3 is 10.2 Å². The molecule has 0 bridgehead atoms. The van der Waals surface area contributed by atoms with Gasteiger partial charge in [0.05, 0.1) is 12.6 Å². The summed E-state index contributed by atoms with van der Waals surface area (Å²) in [4.78, 5) is 15.4. The molecule has 4 rings (SSSR count). The molecule has 1 atom stereocenters. The largest absolute Gasteiger partial charge is 0.372 e. The maximum Gasteiger partial charge on any atom is 0.252 e. The highest BCUT2D eigenvalue weighted by Crippen LogP contribution is 2.23. The molecule has 0 saturated carbocycles. The molecular formula is C24H28N4O. The second kappa shape index (κ2) is 8.95. The minimum Gasteiger partial charge on any atom is -0.372 e. The van der Waals surface area contributed by atoms with Crippen molar-refractivity contribution in [1.29, 1.82) is 0 Å². The highest BCUT2D eigenvalue weighted by atomic mass is 16.1. The van der Waals surface area contributed by atoms with Crippen LogP contribution < -0.4 is 10.2 Å². The van der Waals surface area contributed by atoms with Crippen molar-refractivity contribution in [2.24, 2.45) is 0 Å². The van der Waals surface area contributed by atoms with Crippen LogP contribution in [-0.2, 0) is 6.54 Å². The van der Waals surface area contributed by atoms with Crippen LogP contribution in [0.2, 0.25) is 0 Å². The normalized spacial score (nSPS) is 15.1. The zero-order chi connectivity index (χ0) is 20.1. The van der Waals surface area contributed by atoms with E-state index >= 15 is 0 Å². The molecule has 1 fully saturated rings. The summed E-state index contributed by atoms with van der Waals surface area (Å²) in [6, 6.07) is 18.2. The van der Waals surface area contributed by atoms with E-state index in [1.807, 2.05) is 48.1 Å². The van der Waals surface area contributed by atoms with Crippen LogP contribution in [0.15, 0.2) is 67.0 Å². The monoisotopic (exact) mass is 388 g/mol. The number of nitrogens with zero attached hydrogens (tertiary/aromatic N) is 3. The van der Waals surface area contributed by atoms with Crippen LogP contribution in [0, 0.1) is 0 Å². The van der Waals surface area contributed by atoms with Crippen LogP contribution >= 0.6 is 0 Å². The van der Waals surface area contributed by atoms with Gasteiger partial charge in [-0.3, -0.25) is 9.48 Å². The molecule has 2 aromatic carbocycles. The summed E-state index contributed by atoms with van der Waals surface area (Å²) in [6.45, 7) is 4.89. The number of carbonyl (C=O) groups excluding carboxylic acids is 1. The molecule has 1 aliphatic heterocycles. The molecule has 1 aliphatic rings. The fourth-order valence-electron chi connectivity index (χ4n) is 3.93. The van der Waals surface area contributed by atoms with Crippen molar-refractivity contribution in [2.75, 3.05) is 18.0 Å². The van der Waals surface area contributed by atoms with Gasteiger partial charge in [-0.25, -0.2) is 0 Å². The summed E-state index contributed by atoms with van der Waals surface area (Å²) >= 11 is 0. The summed E-state index contributed by atoms with van der Waals surface area (Å²) in [5, 5.41) is 7.40. The van der Waals surface area contributed by atoms with Crippen LogP contribution in [0.3, 0.4) is 0 Å². The van der Waals surface area contributed by atoms with Gasteiger partial charge in [0.1, 0.15) is 0 Å². The molecule has 0 aliphatic carbocycles. The van der Waals surface area contributed by atoms with Crippen LogP contribution in [0.4, 0.5) is 5.69 Å². The van der Waals surface area contributed by atoms with Crippen molar-refractivity contribution >= 4 is 11.6 Å². The van der Waals surface area contributed by atoms with Gasteiger partial charge in [-0.05, 0) is 61.6 Å². The first kappa shape index (κ1) is 19.2. The van der Waals surface area contributed by atoms with Gasteiger partial charge in [0.2, 0.25) is 0 Å². The van der Waals surface area contributed by atoms with E-state index in [4.69, 9.17) is 0 Å². The average Bonchev–Trinajstić information content (AvgIpc) is 3.28. The summed E-state index contributed by atoms with van der Waals surface area (Å²) in [5.41, 5.74) is 4.04. The standard InChI is InChI=1S/C24H28N4O/c1-19(20-10-12-22(13-11-20)27-15-5-2-6-16-27)26-24(29)23-9-4-3-8-21(23)18-28-17-7-14-25-28/h3-4,7-14,17,19H,2,5-6,15-16,18H2,1H3,(H,26,29)/t19-/m0/s1. The van der Waals surface area contributed by atoms with Gasteiger partial charge in [-0.15, -0.1) is 0 Å². The Kier molecular flexibility index (Phi) is 5.94. The molecule has 1 amide bonds. The summed E-state index contributed by atoms with van der Waals surface area (Å²) < 4.78 is 1.83. The number of hydrogen-bond acceptors (Lipinski definition) is 3. The molecule has 1 N–H and O–H groups in total. The highest BCUT2D eigenvalue weighted by Gasteiger charge is 2.16. The molecule has 0 unspecified atom stereocenters. The minimum absolute atomic E-state index is 0.0552. The van der Waals surface area contributed by atoms with Crippen LogP contribution in [0.25, 0.3) is 0 Å². The van der Waals surface area contributed by atoms with Crippen LogP contribution in [-0.4, -0.2) is 28.8 Å². The Hall–Kier alpha value is -3.08. The van der Waals surface area contributed by atoms with Crippen molar-refractivity contribution in [1.82, 2.24) is 15.1 Å². The van der Waals surface area contributed by atoms with Gasteiger partial charge in [0.25, 0.3) is 5.91 Å². The van der Waals surface area contributed by atoms with E-state index in [9.17, 15) is 4.79 Å². The van der Waals surface area contributed by atoms with Crippen molar-refractivity contribution in [3.63, 3.8) is 0 Å². The molecule has 2 heterocycles. The number of benzene rings is 2. The Morgan fingerprint density at radius 1 is 1.03 bits per heavy atom. The Morgan fingerprint density at radius 3 is 2.52 bits per heavy atom. The van der Waals surface area contributed by atoms with E-state index < -0.39 is 0 Å². The van der Waals surface area contributed by atoms with E-state index in [2.05, 4.69) is 39.6 Å². The second-order valence-electron chi connectivity index (χ2n) is 7.70. The van der Waals surface area contributed by atoms with Crippen LogP contribution in [0.5, 0.6) is 0 Å². The molecule has 5 heteroatoms. The van der Waals surface area contributed by atoms with Crippen LogP contribution in [0.1, 0.15) is 53.7 Å². The molecule has 29 heavy (non-hydrogen) atoms. The summed E-state index contributed by atoms with van der Waals surface area (Å²) in [7, 11) is 0. The van der Waals surface area contributed by atoms with Gasteiger partial charge in [-0.2, -0.15) is 5.10 Å². The number of hydrogen-bond donors (Lipinski definition) is 1. The number of amides is 1. The van der Waals surface area contributed by atoms with Crippen molar-refractivity contribution in [2.45, 2.75) is 38.8 Å². The number of carbonyl (C=O) groups is 1. The molecular weight excluding hydrogens is 360 g/mol. The van der Waals surface area contributed by atoms with E-state index in [0.717, 1.165) is 24.2 Å². The fourth-order valence-corrected chi connectivity index (χ4v) is 3.93. The molecule has 0 radical (unpaired) electrons. The zero-order valence-electron chi connectivity index (χ0n) is 16.9. The Bertz CT molecular complexity index is 928. The first-order valence-electron chi connectivity index (χ1n) is 10.4. The molecule has 5 nitrogen and oxygen atoms in total. The summed E-state index contributed by atoms with van der Waals surface area (Å²) in [5.74, 6) is -0.0552. The van der Waals surface area contributed by atoms with Crippen molar-refractivity contribution < 1.29 is 4.79 Å². The lowest BCUT2D eigenvalue weighted by atomic mass is 10.0. The third-order valence-corrected chi connectivity index (χ3v) is 5.62. The number of anilines is 1. The number of rotatable bonds is 6. The maximum absolute atomic E-state index is 12.9. The molecule has 150 valence electrons. The second-order valence-corrected chi connectivity index (χ2v) is 7.70. The molecule has 3 aromatic rings. The smallest absolute Gasteiger partial charge is 0.252 e. The highest BCUT2D eigenvalue weighted by molar-refractivity contribution is 5.95. The van der Waals surface area contributed by atoms with E-state index in [1.54, 1.807) is 6.20 Å². The van der Waals surface area contributed by atoms with Crippen molar-refractivity contribution in [3.05, 3.63) is 83.7 Å². The fraction of sp³-hybridized carbons (Fsp3) is 0.333. The Morgan fingerprint density at radius 2 is 1.79 bits per heavy atom. The zero-order valence-corrected chi connectivity index (χ0v) is 16.9. The lowest BCUT2D eigenvalue weighted by Gasteiger charge is -2.29. The third-order valence-electron chi connectivity index (χ3n) is 5.62. The maximum atomic E-state index is 12.9. The van der Waals surface area contributed by atoms with E-state index in [0.29, 0.717) is 12.1 Å². The average molecular weight is 389 g/mol. The van der Waals surface area contributed by atoms with Gasteiger partial charge in [-0.1, -0.05) is 30.3 Å². The predicted octanol–water partition coefficient (Wildman–Crippen LogP) is 4.41. The van der Waals surface area contributed by atoms with E-state index in [-0.39, 0.29) is 11.9 Å². The lowest BCUT2D eigenvalue weighted by Crippen LogP contribution is -2.29. The third kappa shape index (κ3) is 4.67. The summed E-state index contributed by atoms with van der Waals surface area (Å²) in [6.07, 6.45) is 7.53. The number of piperidine rings is 1. The number of aromatic nitrogens is 2. The molecule has 1 saturated heterocycles. The van der Waals surface area contributed by atoms with Gasteiger partial charge in [0, 0.05) is 36.7 Å². The minimum atomic E-state index is -0.0596. The Balaban J connectivity index is 1.43. The molecule has 1 aromatic heterocycles. The first-order chi connectivity index (χ1) is 14.2. The molecule has 0 spiro atoms. The quantitative estimate of drug-likeness (QED) is 0.680. The Labute approximate surface area is 172 Å². The number of nitrogens with one attached hydrogen (secondary N) is 1. The lowest BCUT2D eigenvalue weighted by molar-refractivity contribution is 0.0939. The van der Waals surface area contributed by atoms with E-state index in [1.165, 1.54) is 24.9 Å². The van der Waals surface area contributed by atoms with Gasteiger partial charge >= 0.3 is 0 Å². The van der Waals surface area contributed by atoms with Gasteiger partial charge in [0.15, 0.2) is 0 Å². The topological polar surface area (TPSA) is 50.2 Å². The van der Waals surface area contributed by atoms with Crippen molar-refractivity contribution in [3.8, 4) is 0 Å². The SMILES string of the molecule is C[C@H](NC(=O)c1ccccc1Cn1cccn1)c1ccc(N2CCCCC2)cc1. The predicted molar refractivity (Wildman–Crippen MR) is 116 cm³/mol. The first-order valence-corrected chi connectivity index (χ1v) is 10.4.